The van der Waals surface area contributed by atoms with Gasteiger partial charge in [0.05, 0.1) is 11.1 Å². The van der Waals surface area contributed by atoms with Crippen molar-refractivity contribution >= 4 is 27.5 Å². The largest absolute Gasteiger partial charge is 0.489 e. The molecule has 0 aromatic heterocycles. The highest BCUT2D eigenvalue weighted by atomic mass is 79.9. The molecule has 1 saturated carbocycles. The molecule has 1 nitrogen and oxygen atoms in total. The van der Waals surface area contributed by atoms with E-state index in [0.29, 0.717) is 6.10 Å². The Morgan fingerprint density at radius 1 is 1.41 bits per heavy atom. The number of para-hydroxylation sites is 1. The standard InChI is InChI=1S/C14H18BrClO/c1-10-4-2-6-12(8-10)17-14-11(9-15)5-3-7-13(14)16/h3,5,7,10,12H,2,4,6,8-9H2,1H3. The molecule has 2 unspecified atom stereocenters. The van der Waals surface area contributed by atoms with Gasteiger partial charge in [-0.15, -0.1) is 0 Å². The van der Waals surface area contributed by atoms with E-state index in [0.717, 1.165) is 40.4 Å². The lowest BCUT2D eigenvalue weighted by atomic mass is 9.88. The molecule has 0 aliphatic heterocycles. The first-order valence-corrected chi connectivity index (χ1v) is 7.70. The quantitative estimate of drug-likeness (QED) is 0.697. The molecule has 17 heavy (non-hydrogen) atoms. The molecule has 2 rings (SSSR count). The van der Waals surface area contributed by atoms with Crippen molar-refractivity contribution in [1.29, 1.82) is 0 Å². The van der Waals surface area contributed by atoms with Crippen LogP contribution >= 0.6 is 27.5 Å². The molecular formula is C14H18BrClO. The zero-order chi connectivity index (χ0) is 12.3. The second kappa shape index (κ2) is 6.10. The second-order valence-electron chi connectivity index (χ2n) is 4.87. The Labute approximate surface area is 117 Å². The molecule has 0 saturated heterocycles. The van der Waals surface area contributed by atoms with E-state index in [4.69, 9.17) is 16.3 Å². The van der Waals surface area contributed by atoms with Crippen LogP contribution in [-0.2, 0) is 5.33 Å². The fourth-order valence-electron chi connectivity index (χ4n) is 2.44. The van der Waals surface area contributed by atoms with Crippen LogP contribution < -0.4 is 4.74 Å². The molecule has 0 spiro atoms. The Bertz CT molecular complexity index is 380. The number of alkyl halides is 1. The van der Waals surface area contributed by atoms with Crippen molar-refractivity contribution in [2.45, 2.75) is 44.0 Å². The van der Waals surface area contributed by atoms with E-state index < -0.39 is 0 Å². The minimum absolute atomic E-state index is 0.330. The summed E-state index contributed by atoms with van der Waals surface area (Å²) >= 11 is 9.70. The molecule has 2 atom stereocenters. The van der Waals surface area contributed by atoms with Gasteiger partial charge < -0.3 is 4.74 Å². The summed E-state index contributed by atoms with van der Waals surface area (Å²) in [6.45, 7) is 2.30. The SMILES string of the molecule is CC1CCCC(Oc2c(Cl)cccc2CBr)C1. The van der Waals surface area contributed by atoms with Gasteiger partial charge in [0.1, 0.15) is 5.75 Å². The number of ether oxygens (including phenoxy) is 1. The normalized spacial score (nSPS) is 24.6. The third kappa shape index (κ3) is 3.38. The third-order valence-electron chi connectivity index (χ3n) is 3.37. The van der Waals surface area contributed by atoms with E-state index >= 15 is 0 Å². The van der Waals surface area contributed by atoms with Gasteiger partial charge >= 0.3 is 0 Å². The molecular weight excluding hydrogens is 300 g/mol. The van der Waals surface area contributed by atoms with E-state index in [9.17, 15) is 0 Å². The summed E-state index contributed by atoms with van der Waals surface area (Å²) in [6.07, 6.45) is 5.22. The molecule has 0 radical (unpaired) electrons. The van der Waals surface area contributed by atoms with Gasteiger partial charge in [-0.25, -0.2) is 0 Å². The lowest BCUT2D eigenvalue weighted by Crippen LogP contribution is -2.24. The molecule has 0 heterocycles. The van der Waals surface area contributed by atoms with Gasteiger partial charge in [-0.1, -0.05) is 53.0 Å². The first kappa shape index (κ1) is 13.2. The van der Waals surface area contributed by atoms with Crippen molar-refractivity contribution in [3.05, 3.63) is 28.8 Å². The maximum atomic E-state index is 6.22. The van der Waals surface area contributed by atoms with Gasteiger partial charge in [-0.3, -0.25) is 0 Å². The molecule has 1 aromatic rings. The Balaban J connectivity index is 2.12. The summed E-state index contributed by atoms with van der Waals surface area (Å²) in [7, 11) is 0. The van der Waals surface area contributed by atoms with Crippen LogP contribution in [0.2, 0.25) is 5.02 Å². The van der Waals surface area contributed by atoms with Crippen LogP contribution in [0.15, 0.2) is 18.2 Å². The van der Waals surface area contributed by atoms with Crippen LogP contribution in [-0.4, -0.2) is 6.10 Å². The van der Waals surface area contributed by atoms with Gasteiger partial charge in [0.25, 0.3) is 0 Å². The highest BCUT2D eigenvalue weighted by Gasteiger charge is 2.21. The van der Waals surface area contributed by atoms with Crippen LogP contribution in [0.1, 0.15) is 38.2 Å². The summed E-state index contributed by atoms with van der Waals surface area (Å²) in [6, 6.07) is 5.92. The third-order valence-corrected chi connectivity index (χ3v) is 4.27. The van der Waals surface area contributed by atoms with Gasteiger partial charge in [0.15, 0.2) is 0 Å². The van der Waals surface area contributed by atoms with Crippen LogP contribution in [0, 0.1) is 5.92 Å². The Kier molecular flexibility index (Phi) is 4.75. The maximum Gasteiger partial charge on any atom is 0.142 e. The average Bonchev–Trinajstić information content (AvgIpc) is 2.32. The number of hydrogen-bond donors (Lipinski definition) is 0. The highest BCUT2D eigenvalue weighted by Crippen LogP contribution is 2.34. The van der Waals surface area contributed by atoms with E-state index in [1.54, 1.807) is 0 Å². The molecule has 3 heteroatoms. The number of benzene rings is 1. The minimum Gasteiger partial charge on any atom is -0.489 e. The Morgan fingerprint density at radius 3 is 2.94 bits per heavy atom. The van der Waals surface area contributed by atoms with E-state index in [2.05, 4.69) is 28.9 Å². The minimum atomic E-state index is 0.330. The van der Waals surface area contributed by atoms with Gasteiger partial charge in [-0.2, -0.15) is 0 Å². The second-order valence-corrected chi connectivity index (χ2v) is 5.84. The van der Waals surface area contributed by atoms with E-state index in [1.807, 2.05) is 12.1 Å². The van der Waals surface area contributed by atoms with Crippen LogP contribution in [0.3, 0.4) is 0 Å². The predicted molar refractivity (Wildman–Crippen MR) is 76.1 cm³/mol. The zero-order valence-electron chi connectivity index (χ0n) is 10.1. The lowest BCUT2D eigenvalue weighted by molar-refractivity contribution is 0.128. The van der Waals surface area contributed by atoms with Crippen molar-refractivity contribution in [2.24, 2.45) is 5.92 Å². The summed E-state index contributed by atoms with van der Waals surface area (Å²) in [5.41, 5.74) is 1.13. The molecule has 94 valence electrons. The molecule has 1 aromatic carbocycles. The fraction of sp³-hybridized carbons (Fsp3) is 0.571. The number of rotatable bonds is 3. The Hall–Kier alpha value is -0.210. The van der Waals surface area contributed by atoms with E-state index in [-0.39, 0.29) is 0 Å². The van der Waals surface area contributed by atoms with Crippen LogP contribution in [0.5, 0.6) is 5.75 Å². The van der Waals surface area contributed by atoms with Gasteiger partial charge in [-0.05, 0) is 31.2 Å². The smallest absolute Gasteiger partial charge is 0.142 e. The molecule has 1 fully saturated rings. The summed E-state index contributed by atoms with van der Waals surface area (Å²) in [5.74, 6) is 1.63. The zero-order valence-corrected chi connectivity index (χ0v) is 12.4. The lowest BCUT2D eigenvalue weighted by Gasteiger charge is -2.28. The highest BCUT2D eigenvalue weighted by molar-refractivity contribution is 9.08. The number of halogens is 2. The average molecular weight is 318 g/mol. The molecule has 1 aliphatic rings. The topological polar surface area (TPSA) is 9.23 Å². The Morgan fingerprint density at radius 2 is 2.24 bits per heavy atom. The molecule has 0 amide bonds. The van der Waals surface area contributed by atoms with E-state index in [1.165, 1.54) is 12.8 Å². The number of hydrogen-bond acceptors (Lipinski definition) is 1. The fourth-order valence-corrected chi connectivity index (χ4v) is 3.12. The van der Waals surface area contributed by atoms with Crippen molar-refractivity contribution in [3.63, 3.8) is 0 Å². The van der Waals surface area contributed by atoms with Crippen molar-refractivity contribution in [3.8, 4) is 5.75 Å². The van der Waals surface area contributed by atoms with Crippen molar-refractivity contribution < 1.29 is 4.74 Å². The maximum absolute atomic E-state index is 6.22. The van der Waals surface area contributed by atoms with Crippen molar-refractivity contribution in [1.82, 2.24) is 0 Å². The summed E-state index contributed by atoms with van der Waals surface area (Å²) in [4.78, 5) is 0. The van der Waals surface area contributed by atoms with Crippen LogP contribution in [0.4, 0.5) is 0 Å². The molecule has 1 aliphatic carbocycles. The van der Waals surface area contributed by atoms with Crippen LogP contribution in [0.25, 0.3) is 0 Å². The first-order valence-electron chi connectivity index (χ1n) is 6.20. The summed E-state index contributed by atoms with van der Waals surface area (Å²) in [5, 5.41) is 1.51. The van der Waals surface area contributed by atoms with Crippen molar-refractivity contribution in [2.75, 3.05) is 0 Å². The molecule has 0 bridgehead atoms. The first-order chi connectivity index (χ1) is 8.20. The van der Waals surface area contributed by atoms with Gasteiger partial charge in [0, 0.05) is 10.9 Å². The van der Waals surface area contributed by atoms with Gasteiger partial charge in [0.2, 0.25) is 0 Å². The summed E-state index contributed by atoms with van der Waals surface area (Å²) < 4.78 is 6.12. The predicted octanol–water partition coefficient (Wildman–Crippen LogP) is 5.19. The monoisotopic (exact) mass is 316 g/mol. The molecule has 0 N–H and O–H groups in total.